The first-order valence-electron chi connectivity index (χ1n) is 11.9. The van der Waals surface area contributed by atoms with Gasteiger partial charge in [0.15, 0.2) is 0 Å². The largest absolute Gasteiger partial charge is 0.450 e. The van der Waals surface area contributed by atoms with Crippen LogP contribution in [-0.4, -0.2) is 28.7 Å². The summed E-state index contributed by atoms with van der Waals surface area (Å²) < 4.78 is 18.6. The molecule has 1 fully saturated rings. The number of thiazole rings is 1. The molecule has 1 aromatic carbocycles. The van der Waals surface area contributed by atoms with E-state index in [2.05, 4.69) is 22.5 Å². The molecule has 1 saturated carbocycles. The Hall–Kier alpha value is -3.06. The van der Waals surface area contributed by atoms with Crippen molar-refractivity contribution in [2.75, 3.05) is 6.61 Å². The van der Waals surface area contributed by atoms with Crippen molar-refractivity contribution in [1.29, 1.82) is 0 Å². The Balaban J connectivity index is 1.32. The number of carbonyl (C=O) groups excluding carboxylic acids is 1. The lowest BCUT2D eigenvalue weighted by atomic mass is 9.65. The number of halogens is 1. The second-order valence-electron chi connectivity index (χ2n) is 9.03. The molecule has 0 unspecified atom stereocenters. The van der Waals surface area contributed by atoms with Gasteiger partial charge in [0.05, 0.1) is 23.5 Å². The Morgan fingerprint density at radius 3 is 2.94 bits per heavy atom. The van der Waals surface area contributed by atoms with Crippen LogP contribution in [0.2, 0.25) is 0 Å². The highest BCUT2D eigenvalue weighted by molar-refractivity contribution is 7.09. The van der Waals surface area contributed by atoms with Crippen LogP contribution in [0.4, 0.5) is 9.18 Å². The van der Waals surface area contributed by atoms with Gasteiger partial charge >= 0.3 is 6.09 Å². The maximum absolute atomic E-state index is 13.5. The molecule has 5 nitrogen and oxygen atoms in total. The highest BCUT2D eigenvalue weighted by atomic mass is 32.1. The molecule has 0 aliphatic heterocycles. The van der Waals surface area contributed by atoms with E-state index in [1.807, 2.05) is 30.6 Å². The molecule has 3 aromatic rings. The third-order valence-corrected chi connectivity index (χ3v) is 7.83. The summed E-state index contributed by atoms with van der Waals surface area (Å²) in [5, 5.41) is 3.04. The Labute approximate surface area is 203 Å². The normalized spacial score (nSPS) is 23.8. The Morgan fingerprint density at radius 1 is 1.24 bits per heavy atom. The Morgan fingerprint density at radius 2 is 2.15 bits per heavy atom. The van der Waals surface area contributed by atoms with Crippen molar-refractivity contribution < 1.29 is 13.9 Å². The maximum Gasteiger partial charge on any atom is 0.407 e. The number of ether oxygens (including phenoxy) is 1. The molecule has 2 aliphatic carbocycles. The van der Waals surface area contributed by atoms with Crippen molar-refractivity contribution in [3.63, 3.8) is 0 Å². The zero-order chi connectivity index (χ0) is 23.5. The standard InChI is InChI=1S/C27H28FN3O2S/c1-2-33-27(32)31-22-9-10-23-19(13-22)14-25-26(30-16-34-25)24(23)11-8-21-7-6-18(15-29-21)17-4-3-5-20(28)12-17/h3-8,11-12,15-16,19,22-24H,2,9-10,13-14H2,1H3,(H,31,32)/b11-8+/t19-,22-,23+,24-/m0/s1. The second-order valence-corrected chi connectivity index (χ2v) is 9.97. The summed E-state index contributed by atoms with van der Waals surface area (Å²) in [7, 11) is 0. The van der Waals surface area contributed by atoms with Crippen LogP contribution in [0.3, 0.4) is 0 Å². The number of nitrogens with one attached hydrogen (secondary N) is 1. The lowest BCUT2D eigenvalue weighted by Gasteiger charge is -2.42. The van der Waals surface area contributed by atoms with Gasteiger partial charge in [-0.1, -0.05) is 24.3 Å². The number of benzene rings is 1. The predicted molar refractivity (Wildman–Crippen MR) is 132 cm³/mol. The molecule has 4 atom stereocenters. The summed E-state index contributed by atoms with van der Waals surface area (Å²) >= 11 is 1.73. The number of hydrogen-bond donors (Lipinski definition) is 1. The fraction of sp³-hybridized carbons (Fsp3) is 0.370. The van der Waals surface area contributed by atoms with Gasteiger partial charge in [-0.15, -0.1) is 11.3 Å². The van der Waals surface area contributed by atoms with Crippen LogP contribution in [0, 0.1) is 17.7 Å². The maximum atomic E-state index is 13.5. The van der Waals surface area contributed by atoms with Gasteiger partial charge in [0.1, 0.15) is 5.82 Å². The minimum absolute atomic E-state index is 0.163. The minimum Gasteiger partial charge on any atom is -0.450 e. The highest BCUT2D eigenvalue weighted by Crippen LogP contribution is 2.48. The predicted octanol–water partition coefficient (Wildman–Crippen LogP) is 6.23. The molecule has 0 bridgehead atoms. The number of fused-ring (bicyclic) bond motifs is 2. The van der Waals surface area contributed by atoms with E-state index in [9.17, 15) is 9.18 Å². The summed E-state index contributed by atoms with van der Waals surface area (Å²) in [5.41, 5.74) is 5.72. The Bertz CT molecular complexity index is 1180. The molecule has 0 spiro atoms. The van der Waals surface area contributed by atoms with Crippen LogP contribution in [0.25, 0.3) is 17.2 Å². The Kier molecular flexibility index (Phi) is 6.72. The number of rotatable bonds is 5. The molecule has 5 rings (SSSR count). The molecule has 34 heavy (non-hydrogen) atoms. The zero-order valence-electron chi connectivity index (χ0n) is 19.1. The topological polar surface area (TPSA) is 64.1 Å². The van der Waals surface area contributed by atoms with Gasteiger partial charge in [0.2, 0.25) is 0 Å². The number of alkyl carbamates (subject to hydrolysis) is 1. The first-order chi connectivity index (χ1) is 16.6. The van der Waals surface area contributed by atoms with E-state index in [0.29, 0.717) is 18.4 Å². The van der Waals surface area contributed by atoms with E-state index in [4.69, 9.17) is 9.72 Å². The fourth-order valence-electron chi connectivity index (χ4n) is 5.39. The van der Waals surface area contributed by atoms with Gasteiger partial charge in [-0.05, 0) is 74.3 Å². The van der Waals surface area contributed by atoms with E-state index >= 15 is 0 Å². The van der Waals surface area contributed by atoms with Crippen molar-refractivity contribution in [3.8, 4) is 11.1 Å². The van der Waals surface area contributed by atoms with Crippen LogP contribution in [0.1, 0.15) is 48.4 Å². The monoisotopic (exact) mass is 477 g/mol. The lowest BCUT2D eigenvalue weighted by molar-refractivity contribution is 0.129. The third kappa shape index (κ3) is 4.89. The van der Waals surface area contributed by atoms with Gasteiger partial charge in [-0.3, -0.25) is 4.98 Å². The molecule has 1 N–H and O–H groups in total. The molecule has 2 aliphatic rings. The molecule has 0 radical (unpaired) electrons. The van der Waals surface area contributed by atoms with E-state index in [-0.39, 0.29) is 23.9 Å². The van der Waals surface area contributed by atoms with Gasteiger partial charge in [0, 0.05) is 28.6 Å². The molecule has 2 aromatic heterocycles. The number of pyridine rings is 1. The van der Waals surface area contributed by atoms with E-state index in [0.717, 1.165) is 42.5 Å². The first kappa shape index (κ1) is 22.7. The average molecular weight is 478 g/mol. The summed E-state index contributed by atoms with van der Waals surface area (Å²) in [6.07, 6.45) is 9.78. The zero-order valence-corrected chi connectivity index (χ0v) is 19.9. The van der Waals surface area contributed by atoms with Crippen LogP contribution >= 0.6 is 11.3 Å². The second kappa shape index (κ2) is 10.1. The van der Waals surface area contributed by atoms with Crippen molar-refractivity contribution in [3.05, 3.63) is 76.3 Å². The van der Waals surface area contributed by atoms with Crippen molar-refractivity contribution >= 4 is 23.5 Å². The van der Waals surface area contributed by atoms with Gasteiger partial charge in [-0.2, -0.15) is 0 Å². The number of aromatic nitrogens is 2. The van der Waals surface area contributed by atoms with E-state index < -0.39 is 0 Å². The van der Waals surface area contributed by atoms with Crippen molar-refractivity contribution in [1.82, 2.24) is 15.3 Å². The molecule has 7 heteroatoms. The summed E-state index contributed by atoms with van der Waals surface area (Å²) in [6, 6.07) is 10.7. The van der Waals surface area contributed by atoms with Gasteiger partial charge in [-0.25, -0.2) is 14.2 Å². The van der Waals surface area contributed by atoms with Gasteiger partial charge in [0.25, 0.3) is 0 Å². The summed E-state index contributed by atoms with van der Waals surface area (Å²) in [4.78, 5) is 22.6. The van der Waals surface area contributed by atoms with E-state index in [1.54, 1.807) is 23.6 Å². The number of hydrogen-bond acceptors (Lipinski definition) is 5. The van der Waals surface area contributed by atoms with Crippen molar-refractivity contribution in [2.45, 2.75) is 44.6 Å². The number of amides is 1. The smallest absolute Gasteiger partial charge is 0.407 e. The molecule has 176 valence electrons. The summed E-state index contributed by atoms with van der Waals surface area (Å²) in [5.74, 6) is 0.997. The lowest BCUT2D eigenvalue weighted by Crippen LogP contribution is -2.44. The number of allylic oxidation sites excluding steroid dienone is 1. The SMILES string of the molecule is CCOC(=O)N[C@H]1CC[C@@H]2[C@H](Cc3scnc3[C@H]2/C=C/c2ccc(-c3cccc(F)c3)cn2)C1. The quantitative estimate of drug-likeness (QED) is 0.473. The number of nitrogens with zero attached hydrogens (tertiary/aromatic N) is 2. The summed E-state index contributed by atoms with van der Waals surface area (Å²) in [6.45, 7) is 2.21. The molecule has 0 saturated heterocycles. The van der Waals surface area contributed by atoms with Crippen molar-refractivity contribution in [2.24, 2.45) is 11.8 Å². The first-order valence-corrected chi connectivity index (χ1v) is 12.7. The van der Waals surface area contributed by atoms with E-state index in [1.165, 1.54) is 22.7 Å². The van der Waals surface area contributed by atoms with Crippen LogP contribution in [0.5, 0.6) is 0 Å². The molecular weight excluding hydrogens is 449 g/mol. The molecule has 2 heterocycles. The molecule has 1 amide bonds. The average Bonchev–Trinajstić information content (AvgIpc) is 3.30. The van der Waals surface area contributed by atoms with Crippen LogP contribution < -0.4 is 5.32 Å². The number of carbonyl (C=O) groups is 1. The molecular formula is C27H28FN3O2S. The third-order valence-electron chi connectivity index (χ3n) is 6.95. The van der Waals surface area contributed by atoms with Crippen LogP contribution in [-0.2, 0) is 11.2 Å². The minimum atomic E-state index is -0.315. The van der Waals surface area contributed by atoms with Gasteiger partial charge < -0.3 is 10.1 Å². The fourth-order valence-corrected chi connectivity index (χ4v) is 6.30. The van der Waals surface area contributed by atoms with Crippen LogP contribution in [0.15, 0.2) is 54.2 Å². The highest BCUT2D eigenvalue weighted by Gasteiger charge is 2.41.